The number of para-hydroxylation sites is 1. The van der Waals surface area contributed by atoms with Crippen LogP contribution in [-0.4, -0.2) is 42.4 Å². The fourth-order valence-electron chi connectivity index (χ4n) is 2.69. The minimum absolute atomic E-state index is 0.0507. The first-order valence-corrected chi connectivity index (χ1v) is 7.86. The number of amides is 2. The number of rotatable bonds is 4. The third-order valence-corrected chi connectivity index (χ3v) is 4.48. The Morgan fingerprint density at radius 3 is 2.59 bits per heavy atom. The zero-order valence-electron chi connectivity index (χ0n) is 13.6. The monoisotopic (exact) mass is 303 g/mol. The van der Waals surface area contributed by atoms with Gasteiger partial charge in [0.25, 0.3) is 0 Å². The van der Waals surface area contributed by atoms with Gasteiger partial charge < -0.3 is 15.5 Å². The number of piperazine rings is 1. The van der Waals surface area contributed by atoms with Gasteiger partial charge in [-0.1, -0.05) is 38.5 Å². The second-order valence-electron chi connectivity index (χ2n) is 6.00. The Morgan fingerprint density at radius 2 is 2.00 bits per heavy atom. The van der Waals surface area contributed by atoms with Crippen LogP contribution in [0, 0.1) is 12.8 Å². The molecule has 2 unspecified atom stereocenters. The lowest BCUT2D eigenvalue weighted by Crippen LogP contribution is -2.57. The van der Waals surface area contributed by atoms with Crippen LogP contribution in [0.25, 0.3) is 0 Å². The van der Waals surface area contributed by atoms with Crippen molar-refractivity contribution in [2.75, 3.05) is 24.5 Å². The fraction of sp³-hybridized carbons (Fsp3) is 0.529. The van der Waals surface area contributed by atoms with E-state index in [0.29, 0.717) is 13.1 Å². The molecule has 1 aliphatic rings. The summed E-state index contributed by atoms with van der Waals surface area (Å²) >= 11 is 0. The molecular formula is C17H25N3O2. The van der Waals surface area contributed by atoms with E-state index in [-0.39, 0.29) is 24.3 Å². The quantitative estimate of drug-likeness (QED) is 0.917. The normalized spacial score (nSPS) is 18.3. The first-order valence-electron chi connectivity index (χ1n) is 7.86. The van der Waals surface area contributed by atoms with Crippen molar-refractivity contribution in [3.05, 3.63) is 29.8 Å². The zero-order valence-corrected chi connectivity index (χ0v) is 13.6. The van der Waals surface area contributed by atoms with Gasteiger partial charge in [0.05, 0.1) is 6.04 Å². The average Bonchev–Trinajstić information content (AvgIpc) is 2.53. The third-order valence-electron chi connectivity index (χ3n) is 4.48. The summed E-state index contributed by atoms with van der Waals surface area (Å²) in [5, 5.41) is 0. The Morgan fingerprint density at radius 1 is 1.32 bits per heavy atom. The molecular weight excluding hydrogens is 278 g/mol. The van der Waals surface area contributed by atoms with Crippen molar-refractivity contribution in [1.82, 2.24) is 4.90 Å². The number of benzene rings is 1. The van der Waals surface area contributed by atoms with Crippen LogP contribution in [0.1, 0.15) is 25.8 Å². The van der Waals surface area contributed by atoms with Gasteiger partial charge in [0.1, 0.15) is 6.54 Å². The Kier molecular flexibility index (Phi) is 5.19. The largest absolute Gasteiger partial charge is 0.330 e. The molecule has 1 heterocycles. The van der Waals surface area contributed by atoms with E-state index in [4.69, 9.17) is 5.73 Å². The highest BCUT2D eigenvalue weighted by molar-refractivity contribution is 5.99. The van der Waals surface area contributed by atoms with Crippen molar-refractivity contribution in [2.45, 2.75) is 33.2 Å². The summed E-state index contributed by atoms with van der Waals surface area (Å²) < 4.78 is 0. The number of aryl methyl sites for hydroxylation is 1. The van der Waals surface area contributed by atoms with Crippen molar-refractivity contribution in [2.24, 2.45) is 11.7 Å². The smallest absolute Gasteiger partial charge is 0.246 e. The molecule has 5 heteroatoms. The molecule has 1 aromatic rings. The molecule has 1 saturated heterocycles. The van der Waals surface area contributed by atoms with Gasteiger partial charge in [-0.2, -0.15) is 0 Å². The van der Waals surface area contributed by atoms with Gasteiger partial charge in [-0.25, -0.2) is 0 Å². The van der Waals surface area contributed by atoms with Gasteiger partial charge in [0.15, 0.2) is 0 Å². The molecule has 1 aliphatic heterocycles. The molecule has 0 spiro atoms. The minimum atomic E-state index is -0.525. The maximum Gasteiger partial charge on any atom is 0.246 e. The van der Waals surface area contributed by atoms with E-state index < -0.39 is 6.04 Å². The highest BCUT2D eigenvalue weighted by atomic mass is 16.2. The number of carbonyl (C=O) groups excluding carboxylic acids is 2. The molecule has 0 radical (unpaired) electrons. The van der Waals surface area contributed by atoms with Gasteiger partial charge in [-0.3, -0.25) is 9.59 Å². The van der Waals surface area contributed by atoms with Crippen LogP contribution in [0.15, 0.2) is 24.3 Å². The highest BCUT2D eigenvalue weighted by Crippen LogP contribution is 2.22. The van der Waals surface area contributed by atoms with Crippen LogP contribution >= 0.6 is 0 Å². The second-order valence-corrected chi connectivity index (χ2v) is 6.00. The number of anilines is 1. The van der Waals surface area contributed by atoms with E-state index in [1.807, 2.05) is 45.0 Å². The van der Waals surface area contributed by atoms with Crippen molar-refractivity contribution >= 4 is 17.5 Å². The van der Waals surface area contributed by atoms with Gasteiger partial charge in [-0.05, 0) is 24.5 Å². The van der Waals surface area contributed by atoms with E-state index in [2.05, 4.69) is 0 Å². The molecule has 1 aromatic carbocycles. The molecule has 1 fully saturated rings. The molecule has 5 nitrogen and oxygen atoms in total. The van der Waals surface area contributed by atoms with E-state index in [0.717, 1.165) is 17.7 Å². The Balaban J connectivity index is 2.06. The number of nitrogens with two attached hydrogens (primary N) is 1. The number of hydrogen-bond donors (Lipinski definition) is 1. The fourth-order valence-corrected chi connectivity index (χ4v) is 2.69. The Hall–Kier alpha value is -1.88. The molecule has 0 aliphatic carbocycles. The lowest BCUT2D eigenvalue weighted by atomic mass is 9.98. The zero-order chi connectivity index (χ0) is 16.3. The SMILES string of the molecule is CCC(C)C(N)C(=O)N1CCN(c2ccccc2C)C(=O)C1. The maximum absolute atomic E-state index is 12.4. The predicted molar refractivity (Wildman–Crippen MR) is 87.5 cm³/mol. The summed E-state index contributed by atoms with van der Waals surface area (Å²) in [5.74, 6) is -0.0469. The van der Waals surface area contributed by atoms with Crippen molar-refractivity contribution in [1.29, 1.82) is 0 Å². The lowest BCUT2D eigenvalue weighted by Gasteiger charge is -2.36. The summed E-state index contributed by atoms with van der Waals surface area (Å²) in [6.45, 7) is 7.12. The molecule has 2 atom stereocenters. The van der Waals surface area contributed by atoms with E-state index >= 15 is 0 Å². The van der Waals surface area contributed by atoms with Gasteiger partial charge in [-0.15, -0.1) is 0 Å². The predicted octanol–water partition coefficient (Wildman–Crippen LogP) is 1.54. The average molecular weight is 303 g/mol. The van der Waals surface area contributed by atoms with E-state index in [1.54, 1.807) is 9.80 Å². The standard InChI is InChI=1S/C17H25N3O2/c1-4-12(2)16(18)17(22)19-9-10-20(15(21)11-19)14-8-6-5-7-13(14)3/h5-8,12,16H,4,9-11,18H2,1-3H3. The first kappa shape index (κ1) is 16.5. The molecule has 0 bridgehead atoms. The van der Waals surface area contributed by atoms with Crippen LogP contribution in [0.2, 0.25) is 0 Å². The van der Waals surface area contributed by atoms with Crippen molar-refractivity contribution < 1.29 is 9.59 Å². The van der Waals surface area contributed by atoms with Crippen molar-refractivity contribution in [3.63, 3.8) is 0 Å². The second kappa shape index (κ2) is 6.92. The van der Waals surface area contributed by atoms with Crippen LogP contribution in [-0.2, 0) is 9.59 Å². The molecule has 2 rings (SSSR count). The van der Waals surface area contributed by atoms with Gasteiger partial charge >= 0.3 is 0 Å². The topological polar surface area (TPSA) is 66.6 Å². The summed E-state index contributed by atoms with van der Waals surface area (Å²) in [4.78, 5) is 28.1. The maximum atomic E-state index is 12.4. The Bertz CT molecular complexity index is 559. The molecule has 0 aromatic heterocycles. The lowest BCUT2D eigenvalue weighted by molar-refractivity contribution is -0.138. The third kappa shape index (κ3) is 3.30. The highest BCUT2D eigenvalue weighted by Gasteiger charge is 2.32. The number of hydrogen-bond acceptors (Lipinski definition) is 3. The van der Waals surface area contributed by atoms with Crippen LogP contribution < -0.4 is 10.6 Å². The number of nitrogens with zero attached hydrogens (tertiary/aromatic N) is 2. The first-order chi connectivity index (χ1) is 10.5. The molecule has 2 amide bonds. The molecule has 2 N–H and O–H groups in total. The summed E-state index contributed by atoms with van der Waals surface area (Å²) in [6.07, 6.45) is 0.851. The minimum Gasteiger partial charge on any atom is -0.330 e. The van der Waals surface area contributed by atoms with Crippen LogP contribution in [0.3, 0.4) is 0 Å². The molecule has 120 valence electrons. The summed E-state index contributed by atoms with van der Waals surface area (Å²) in [5.41, 5.74) is 7.99. The van der Waals surface area contributed by atoms with Crippen LogP contribution in [0.4, 0.5) is 5.69 Å². The summed E-state index contributed by atoms with van der Waals surface area (Å²) in [6, 6.07) is 7.28. The van der Waals surface area contributed by atoms with Crippen molar-refractivity contribution in [3.8, 4) is 0 Å². The van der Waals surface area contributed by atoms with E-state index in [1.165, 1.54) is 0 Å². The summed E-state index contributed by atoms with van der Waals surface area (Å²) in [7, 11) is 0. The van der Waals surface area contributed by atoms with Crippen LogP contribution in [0.5, 0.6) is 0 Å². The molecule has 22 heavy (non-hydrogen) atoms. The number of carbonyl (C=O) groups is 2. The molecule has 0 saturated carbocycles. The van der Waals surface area contributed by atoms with E-state index in [9.17, 15) is 9.59 Å². The van der Waals surface area contributed by atoms with Gasteiger partial charge in [0, 0.05) is 18.8 Å². The Labute approximate surface area is 132 Å². The van der Waals surface area contributed by atoms with Gasteiger partial charge in [0.2, 0.25) is 11.8 Å².